The summed E-state index contributed by atoms with van der Waals surface area (Å²) in [5.74, 6) is 0.265. The third-order valence-corrected chi connectivity index (χ3v) is 7.17. The van der Waals surface area contributed by atoms with Crippen LogP contribution in [0.5, 0.6) is 11.5 Å². The first kappa shape index (κ1) is 27.5. The number of alkyl halides is 3. The van der Waals surface area contributed by atoms with E-state index in [0.717, 1.165) is 6.07 Å². The lowest BCUT2D eigenvalue weighted by atomic mass is 10.0. The standard InChI is InChI=1S/C27H28F3N5O5/c1-39-18-9-15(10-19(12-18)40-2)24-20-6-8-34(23(37)13-31)25(20)26(38)35(32-24)22-11-16(33-7-5-17(36)14-33)3-4-21(22)27(28,29)30/h3-4,9-12,17,36H,5-8,13-14,31H2,1-2H3/t17-/m0/s1. The van der Waals surface area contributed by atoms with Crippen LogP contribution in [-0.2, 0) is 17.4 Å². The summed E-state index contributed by atoms with van der Waals surface area (Å²) in [6.45, 7) is 0.416. The molecule has 0 unspecified atom stereocenters. The van der Waals surface area contributed by atoms with Crippen LogP contribution in [0.25, 0.3) is 16.9 Å². The van der Waals surface area contributed by atoms with E-state index in [1.165, 1.54) is 31.3 Å². The van der Waals surface area contributed by atoms with Gasteiger partial charge in [0.1, 0.15) is 17.2 Å². The number of β-amino-alcohol motifs (C(OH)–C–C–N with tert-alkyl or cyclic N) is 1. The maximum Gasteiger partial charge on any atom is 0.418 e. The average Bonchev–Trinajstić information content (AvgIpc) is 3.59. The Morgan fingerprint density at radius 2 is 1.82 bits per heavy atom. The lowest BCUT2D eigenvalue weighted by molar-refractivity contribution is -0.137. The molecule has 2 aromatic carbocycles. The van der Waals surface area contributed by atoms with Crippen LogP contribution in [0.1, 0.15) is 17.5 Å². The topological polar surface area (TPSA) is 123 Å². The Morgan fingerprint density at radius 3 is 2.40 bits per heavy atom. The summed E-state index contributed by atoms with van der Waals surface area (Å²) >= 11 is 0. The Balaban J connectivity index is 1.81. The summed E-state index contributed by atoms with van der Waals surface area (Å²) in [5, 5.41) is 14.4. The molecule has 3 aromatic rings. The van der Waals surface area contributed by atoms with Gasteiger partial charge in [-0.15, -0.1) is 0 Å². The van der Waals surface area contributed by atoms with Gasteiger partial charge in [0.2, 0.25) is 5.91 Å². The van der Waals surface area contributed by atoms with Crippen molar-refractivity contribution in [1.82, 2.24) is 9.78 Å². The van der Waals surface area contributed by atoms with Crippen molar-refractivity contribution in [1.29, 1.82) is 0 Å². The van der Waals surface area contributed by atoms with E-state index < -0.39 is 35.0 Å². The number of hydrogen-bond donors (Lipinski definition) is 2. The molecule has 5 rings (SSSR count). The van der Waals surface area contributed by atoms with Crippen molar-refractivity contribution < 1.29 is 32.5 Å². The van der Waals surface area contributed by atoms with E-state index in [2.05, 4.69) is 5.10 Å². The number of methoxy groups -OCH3 is 2. The van der Waals surface area contributed by atoms with E-state index in [-0.39, 0.29) is 37.4 Å². The van der Waals surface area contributed by atoms with Gasteiger partial charge < -0.3 is 30.1 Å². The summed E-state index contributed by atoms with van der Waals surface area (Å²) in [7, 11) is 2.91. The predicted molar refractivity (Wildman–Crippen MR) is 141 cm³/mol. The van der Waals surface area contributed by atoms with Crippen molar-refractivity contribution in [3.8, 4) is 28.4 Å². The molecule has 2 aliphatic heterocycles. The van der Waals surface area contributed by atoms with Crippen molar-refractivity contribution in [2.24, 2.45) is 5.73 Å². The number of aliphatic hydroxyl groups is 1. The summed E-state index contributed by atoms with van der Waals surface area (Å²) < 4.78 is 54.3. The monoisotopic (exact) mass is 559 g/mol. The van der Waals surface area contributed by atoms with E-state index in [1.54, 1.807) is 23.1 Å². The van der Waals surface area contributed by atoms with Crippen LogP contribution < -0.4 is 30.6 Å². The molecule has 3 N–H and O–H groups in total. The number of aliphatic hydroxyl groups excluding tert-OH is 1. The molecule has 1 aromatic heterocycles. The molecule has 1 atom stereocenters. The highest BCUT2D eigenvalue weighted by atomic mass is 19.4. The van der Waals surface area contributed by atoms with Gasteiger partial charge in [0.25, 0.3) is 5.56 Å². The zero-order valence-corrected chi connectivity index (χ0v) is 21.9. The fourth-order valence-electron chi connectivity index (χ4n) is 5.20. The number of carbonyl (C=O) groups is 1. The van der Waals surface area contributed by atoms with E-state index >= 15 is 0 Å². The van der Waals surface area contributed by atoms with Gasteiger partial charge in [-0.3, -0.25) is 9.59 Å². The highest BCUT2D eigenvalue weighted by Crippen LogP contribution is 2.39. The molecule has 40 heavy (non-hydrogen) atoms. The second kappa shape index (κ2) is 10.5. The number of aromatic nitrogens is 2. The molecule has 3 heterocycles. The zero-order valence-electron chi connectivity index (χ0n) is 21.9. The molecule has 10 nitrogen and oxygen atoms in total. The van der Waals surface area contributed by atoms with E-state index in [9.17, 15) is 27.9 Å². The van der Waals surface area contributed by atoms with Gasteiger partial charge in [-0.1, -0.05) is 0 Å². The molecule has 1 fully saturated rings. The van der Waals surface area contributed by atoms with Crippen LogP contribution >= 0.6 is 0 Å². The molecule has 0 aliphatic carbocycles. The van der Waals surface area contributed by atoms with Crippen LogP contribution in [0.2, 0.25) is 0 Å². The van der Waals surface area contributed by atoms with Gasteiger partial charge in [0.05, 0.1) is 43.8 Å². The minimum atomic E-state index is -4.81. The minimum absolute atomic E-state index is 0.0719. The second-order valence-electron chi connectivity index (χ2n) is 9.58. The summed E-state index contributed by atoms with van der Waals surface area (Å²) in [6, 6.07) is 8.32. The maximum atomic E-state index is 14.3. The Labute approximate surface area is 227 Å². The number of halogens is 3. The number of rotatable bonds is 6. The van der Waals surface area contributed by atoms with Gasteiger partial charge in [-0.2, -0.15) is 23.0 Å². The Kier molecular flexibility index (Phi) is 7.19. The molecule has 1 amide bonds. The summed E-state index contributed by atoms with van der Waals surface area (Å²) in [5.41, 5.74) is 4.50. The number of hydrogen-bond acceptors (Lipinski definition) is 8. The Bertz CT molecular complexity index is 1500. The van der Waals surface area contributed by atoms with Crippen LogP contribution in [0, 0.1) is 0 Å². The Morgan fingerprint density at radius 1 is 1.12 bits per heavy atom. The lowest BCUT2D eigenvalue weighted by Gasteiger charge is -2.23. The number of benzene rings is 2. The molecule has 0 radical (unpaired) electrons. The normalized spacial score (nSPS) is 16.8. The molecule has 0 bridgehead atoms. The Hall–Kier alpha value is -4.10. The minimum Gasteiger partial charge on any atom is -0.497 e. The van der Waals surface area contributed by atoms with E-state index in [4.69, 9.17) is 15.2 Å². The zero-order chi connectivity index (χ0) is 28.8. The van der Waals surface area contributed by atoms with E-state index in [1.807, 2.05) is 0 Å². The second-order valence-corrected chi connectivity index (χ2v) is 9.58. The fraction of sp³-hybridized carbons (Fsp3) is 0.370. The third kappa shape index (κ3) is 4.86. The summed E-state index contributed by atoms with van der Waals surface area (Å²) in [4.78, 5) is 29.5. The van der Waals surface area contributed by atoms with Crippen molar-refractivity contribution >= 4 is 17.3 Å². The predicted octanol–water partition coefficient (Wildman–Crippen LogP) is 2.35. The number of amides is 1. The smallest absolute Gasteiger partial charge is 0.418 e. The fourth-order valence-corrected chi connectivity index (χ4v) is 5.20. The van der Waals surface area contributed by atoms with Crippen molar-refractivity contribution in [2.75, 3.05) is 50.2 Å². The molecule has 13 heteroatoms. The number of nitrogens with zero attached hydrogens (tertiary/aromatic N) is 4. The first-order valence-electron chi connectivity index (χ1n) is 12.6. The number of nitrogens with two attached hydrogens (primary N) is 1. The van der Waals surface area contributed by atoms with Crippen molar-refractivity contribution in [2.45, 2.75) is 25.1 Å². The number of fused-ring (bicyclic) bond motifs is 1. The lowest BCUT2D eigenvalue weighted by Crippen LogP contribution is -2.39. The third-order valence-electron chi connectivity index (χ3n) is 7.17. The van der Waals surface area contributed by atoms with E-state index in [0.29, 0.717) is 46.0 Å². The maximum absolute atomic E-state index is 14.3. The van der Waals surface area contributed by atoms with Crippen LogP contribution in [0.15, 0.2) is 41.2 Å². The van der Waals surface area contributed by atoms with Gasteiger partial charge in [0.15, 0.2) is 0 Å². The van der Waals surface area contributed by atoms with Crippen LogP contribution in [0.4, 0.5) is 24.5 Å². The van der Waals surface area contributed by atoms with Gasteiger partial charge in [-0.25, -0.2) is 0 Å². The quantitative estimate of drug-likeness (QED) is 0.472. The highest BCUT2D eigenvalue weighted by molar-refractivity contribution is 5.97. The van der Waals surface area contributed by atoms with Gasteiger partial charge in [-0.05, 0) is 43.2 Å². The molecule has 2 aliphatic rings. The van der Waals surface area contributed by atoms with Crippen LogP contribution in [-0.4, -0.2) is 67.3 Å². The van der Waals surface area contributed by atoms with Crippen molar-refractivity contribution in [3.05, 3.63) is 57.9 Å². The molecule has 1 saturated heterocycles. The molecule has 0 saturated carbocycles. The summed E-state index contributed by atoms with van der Waals surface area (Å²) in [6.07, 6.45) is -4.72. The van der Waals surface area contributed by atoms with Crippen LogP contribution in [0.3, 0.4) is 0 Å². The molecular weight excluding hydrogens is 531 g/mol. The number of anilines is 2. The largest absolute Gasteiger partial charge is 0.497 e. The first-order valence-corrected chi connectivity index (χ1v) is 12.6. The molecular formula is C27H28F3N5O5. The van der Waals surface area contributed by atoms with Crippen molar-refractivity contribution in [3.63, 3.8) is 0 Å². The molecule has 0 spiro atoms. The molecule has 212 valence electrons. The van der Waals surface area contributed by atoms with Gasteiger partial charge in [0, 0.05) is 42.5 Å². The number of carbonyl (C=O) groups excluding carboxylic acids is 1. The van der Waals surface area contributed by atoms with Gasteiger partial charge >= 0.3 is 6.18 Å². The SMILES string of the molecule is COc1cc(OC)cc(-c2nn(-c3cc(N4CC[C@H](O)C4)ccc3C(F)(F)F)c(=O)c3c2CCN3C(=O)CN)c1. The highest BCUT2D eigenvalue weighted by Gasteiger charge is 2.38. The average molecular weight is 560 g/mol. The number of ether oxygens (including phenoxy) is 2. The first-order chi connectivity index (χ1) is 19.0.